The average Bonchev–Trinajstić information content (AvgIpc) is 2.85. The molecule has 6 heteroatoms. The van der Waals surface area contributed by atoms with Crippen molar-refractivity contribution in [1.29, 1.82) is 0 Å². The molecule has 2 aromatic rings. The SMILES string of the molecule is Cc1occc1-c1noc(CC(C)CC(=O)O)n1. The first-order valence-electron chi connectivity index (χ1n) is 5.65. The average molecular weight is 250 g/mol. The fourth-order valence-electron chi connectivity index (χ4n) is 1.73. The molecule has 18 heavy (non-hydrogen) atoms. The summed E-state index contributed by atoms with van der Waals surface area (Å²) in [7, 11) is 0. The molecule has 96 valence electrons. The van der Waals surface area contributed by atoms with Gasteiger partial charge in [-0.15, -0.1) is 0 Å². The number of hydrogen-bond donors (Lipinski definition) is 1. The first kappa shape index (κ1) is 12.3. The van der Waals surface area contributed by atoms with Gasteiger partial charge < -0.3 is 14.0 Å². The van der Waals surface area contributed by atoms with Crippen LogP contribution in [0.3, 0.4) is 0 Å². The van der Waals surface area contributed by atoms with Crippen LogP contribution in [0.5, 0.6) is 0 Å². The molecule has 1 N–H and O–H groups in total. The highest BCUT2D eigenvalue weighted by atomic mass is 16.5. The largest absolute Gasteiger partial charge is 0.481 e. The summed E-state index contributed by atoms with van der Waals surface area (Å²) in [5, 5.41) is 12.5. The Morgan fingerprint density at radius 2 is 2.33 bits per heavy atom. The minimum absolute atomic E-state index is 0.0405. The van der Waals surface area contributed by atoms with E-state index in [9.17, 15) is 4.79 Å². The summed E-state index contributed by atoms with van der Waals surface area (Å²) in [5.74, 6) is 0.772. The second-order valence-corrected chi connectivity index (χ2v) is 4.31. The number of hydrogen-bond acceptors (Lipinski definition) is 5. The van der Waals surface area contributed by atoms with Gasteiger partial charge >= 0.3 is 5.97 Å². The van der Waals surface area contributed by atoms with Gasteiger partial charge in [-0.3, -0.25) is 4.79 Å². The van der Waals surface area contributed by atoms with Gasteiger partial charge in [0.1, 0.15) is 5.76 Å². The summed E-state index contributed by atoms with van der Waals surface area (Å²) in [6.45, 7) is 3.65. The monoisotopic (exact) mass is 250 g/mol. The van der Waals surface area contributed by atoms with Crippen LogP contribution in [0.15, 0.2) is 21.3 Å². The second kappa shape index (κ2) is 5.03. The van der Waals surface area contributed by atoms with Gasteiger partial charge in [0.25, 0.3) is 0 Å². The highest BCUT2D eigenvalue weighted by molar-refractivity contribution is 5.67. The van der Waals surface area contributed by atoms with Crippen LogP contribution in [-0.2, 0) is 11.2 Å². The van der Waals surface area contributed by atoms with Crippen LogP contribution in [0.2, 0.25) is 0 Å². The number of aliphatic carboxylic acids is 1. The maximum Gasteiger partial charge on any atom is 0.303 e. The Bertz CT molecular complexity index is 544. The molecule has 2 aromatic heterocycles. The number of aryl methyl sites for hydroxylation is 1. The van der Waals surface area contributed by atoms with Crippen LogP contribution in [0.25, 0.3) is 11.4 Å². The first-order chi connectivity index (χ1) is 8.56. The van der Waals surface area contributed by atoms with E-state index in [1.807, 2.05) is 13.8 Å². The molecule has 0 spiro atoms. The summed E-state index contributed by atoms with van der Waals surface area (Å²) in [6.07, 6.45) is 2.10. The predicted octanol–water partition coefficient (Wildman–Crippen LogP) is 2.29. The van der Waals surface area contributed by atoms with Crippen molar-refractivity contribution in [3.8, 4) is 11.4 Å². The second-order valence-electron chi connectivity index (χ2n) is 4.31. The molecule has 6 nitrogen and oxygen atoms in total. The molecule has 0 aliphatic carbocycles. The molecule has 0 saturated carbocycles. The van der Waals surface area contributed by atoms with E-state index >= 15 is 0 Å². The van der Waals surface area contributed by atoms with E-state index in [-0.39, 0.29) is 12.3 Å². The molecular formula is C12H14N2O4. The quantitative estimate of drug-likeness (QED) is 0.875. The van der Waals surface area contributed by atoms with Crippen molar-refractivity contribution < 1.29 is 18.8 Å². The van der Waals surface area contributed by atoms with Crippen LogP contribution < -0.4 is 0 Å². The lowest BCUT2D eigenvalue weighted by Crippen LogP contribution is -2.07. The minimum Gasteiger partial charge on any atom is -0.481 e. The van der Waals surface area contributed by atoms with E-state index < -0.39 is 5.97 Å². The summed E-state index contributed by atoms with van der Waals surface area (Å²) < 4.78 is 10.3. The lowest BCUT2D eigenvalue weighted by molar-refractivity contribution is -0.137. The zero-order chi connectivity index (χ0) is 13.1. The Hall–Kier alpha value is -2.11. The number of aromatic nitrogens is 2. The zero-order valence-electron chi connectivity index (χ0n) is 10.2. The summed E-state index contributed by atoms with van der Waals surface area (Å²) in [4.78, 5) is 14.8. The van der Waals surface area contributed by atoms with E-state index in [0.29, 0.717) is 18.1 Å². The van der Waals surface area contributed by atoms with Gasteiger partial charge in [0.2, 0.25) is 11.7 Å². The molecule has 1 unspecified atom stereocenters. The van der Waals surface area contributed by atoms with Gasteiger partial charge in [0.15, 0.2) is 0 Å². The van der Waals surface area contributed by atoms with Crippen LogP contribution in [0.4, 0.5) is 0 Å². The molecule has 0 fully saturated rings. The zero-order valence-corrected chi connectivity index (χ0v) is 10.2. The van der Waals surface area contributed by atoms with E-state index in [1.165, 1.54) is 0 Å². The lowest BCUT2D eigenvalue weighted by atomic mass is 10.0. The predicted molar refractivity (Wildman–Crippen MR) is 61.9 cm³/mol. The molecule has 0 amide bonds. The van der Waals surface area contributed by atoms with Gasteiger partial charge in [-0.2, -0.15) is 4.98 Å². The summed E-state index contributed by atoms with van der Waals surface area (Å²) in [6, 6.07) is 1.77. The number of nitrogens with zero attached hydrogens (tertiary/aromatic N) is 2. The Labute approximate surface area is 104 Å². The Kier molecular flexibility index (Phi) is 3.45. The third kappa shape index (κ3) is 2.77. The van der Waals surface area contributed by atoms with Crippen molar-refractivity contribution in [2.75, 3.05) is 0 Å². The molecule has 0 radical (unpaired) electrons. The summed E-state index contributed by atoms with van der Waals surface area (Å²) in [5.41, 5.74) is 0.788. The smallest absolute Gasteiger partial charge is 0.303 e. The van der Waals surface area contributed by atoms with E-state index in [0.717, 1.165) is 11.3 Å². The van der Waals surface area contributed by atoms with Crippen molar-refractivity contribution in [3.63, 3.8) is 0 Å². The van der Waals surface area contributed by atoms with Crippen LogP contribution in [0.1, 0.15) is 25.0 Å². The molecule has 0 aliphatic rings. The number of rotatable bonds is 5. The molecule has 0 aromatic carbocycles. The minimum atomic E-state index is -0.826. The van der Waals surface area contributed by atoms with Crippen LogP contribution in [0, 0.1) is 12.8 Å². The molecule has 2 heterocycles. The Balaban J connectivity index is 2.07. The van der Waals surface area contributed by atoms with Crippen molar-refractivity contribution in [1.82, 2.24) is 10.1 Å². The Morgan fingerprint density at radius 1 is 1.56 bits per heavy atom. The van der Waals surface area contributed by atoms with Gasteiger partial charge in [0.05, 0.1) is 11.8 Å². The maximum atomic E-state index is 10.6. The van der Waals surface area contributed by atoms with E-state index in [2.05, 4.69) is 10.1 Å². The van der Waals surface area contributed by atoms with Gasteiger partial charge in [0, 0.05) is 12.8 Å². The summed E-state index contributed by atoms with van der Waals surface area (Å²) >= 11 is 0. The maximum absolute atomic E-state index is 10.6. The highest BCUT2D eigenvalue weighted by Gasteiger charge is 2.16. The van der Waals surface area contributed by atoms with Crippen molar-refractivity contribution in [2.45, 2.75) is 26.7 Å². The fraction of sp³-hybridized carbons (Fsp3) is 0.417. The first-order valence-corrected chi connectivity index (χ1v) is 5.65. The number of carboxylic acid groups (broad SMARTS) is 1. The molecule has 0 aliphatic heterocycles. The van der Waals surface area contributed by atoms with E-state index in [4.69, 9.17) is 14.0 Å². The van der Waals surface area contributed by atoms with Crippen LogP contribution in [-0.4, -0.2) is 21.2 Å². The van der Waals surface area contributed by atoms with E-state index in [1.54, 1.807) is 12.3 Å². The van der Waals surface area contributed by atoms with Crippen molar-refractivity contribution in [2.24, 2.45) is 5.92 Å². The lowest BCUT2D eigenvalue weighted by Gasteiger charge is -2.03. The molecule has 1 atom stereocenters. The van der Waals surface area contributed by atoms with Gasteiger partial charge in [-0.1, -0.05) is 12.1 Å². The van der Waals surface area contributed by atoms with Crippen molar-refractivity contribution in [3.05, 3.63) is 24.0 Å². The third-order valence-corrected chi connectivity index (χ3v) is 2.61. The molecular weight excluding hydrogens is 236 g/mol. The molecule has 0 bridgehead atoms. The molecule has 2 rings (SSSR count). The van der Waals surface area contributed by atoms with Gasteiger partial charge in [-0.25, -0.2) is 0 Å². The van der Waals surface area contributed by atoms with Crippen LogP contribution >= 0.6 is 0 Å². The highest BCUT2D eigenvalue weighted by Crippen LogP contribution is 2.22. The van der Waals surface area contributed by atoms with Crippen molar-refractivity contribution >= 4 is 5.97 Å². The fourth-order valence-corrected chi connectivity index (χ4v) is 1.73. The topological polar surface area (TPSA) is 89.4 Å². The number of carboxylic acids is 1. The third-order valence-electron chi connectivity index (χ3n) is 2.61. The number of furan rings is 1. The van der Waals surface area contributed by atoms with Gasteiger partial charge in [-0.05, 0) is 18.9 Å². The Morgan fingerprint density at radius 3 is 2.94 bits per heavy atom. The number of carbonyl (C=O) groups is 1. The molecule has 0 saturated heterocycles. The normalized spacial score (nSPS) is 12.6. The standard InChI is InChI=1S/C12H14N2O4/c1-7(6-11(15)16)5-10-13-12(14-18-10)9-3-4-17-8(9)2/h3-4,7H,5-6H2,1-2H3,(H,15,16).